The van der Waals surface area contributed by atoms with Gasteiger partial charge in [-0.2, -0.15) is 5.26 Å². The van der Waals surface area contributed by atoms with E-state index in [0.29, 0.717) is 21.9 Å². The van der Waals surface area contributed by atoms with Crippen molar-refractivity contribution in [3.8, 4) is 11.8 Å². The van der Waals surface area contributed by atoms with Gasteiger partial charge in [0.1, 0.15) is 11.8 Å². The number of nitrogens with zero attached hydrogens (tertiary/aromatic N) is 1. The maximum Gasteiger partial charge on any atom is 0.129 e. The van der Waals surface area contributed by atoms with Gasteiger partial charge in [0, 0.05) is 30.1 Å². The largest absolute Gasteiger partial charge is 0.496 e. The Morgan fingerprint density at radius 1 is 1.61 bits per heavy atom. The van der Waals surface area contributed by atoms with Gasteiger partial charge in [-0.3, -0.25) is 0 Å². The van der Waals surface area contributed by atoms with E-state index in [2.05, 4.69) is 11.4 Å². The second kappa shape index (κ2) is 5.15. The average Bonchev–Trinajstić information content (AvgIpc) is 2.26. The Morgan fingerprint density at radius 3 is 2.67 bits per heavy atom. The normalized spacial score (nSPS) is 16.8. The summed E-state index contributed by atoms with van der Waals surface area (Å²) in [6, 6.07) is 3.74. The summed E-state index contributed by atoms with van der Waals surface area (Å²) in [6.45, 7) is 3.25. The van der Waals surface area contributed by atoms with E-state index in [1.165, 1.54) is 0 Å². The van der Waals surface area contributed by atoms with Crippen LogP contribution in [0.25, 0.3) is 0 Å². The third-order valence-corrected chi connectivity index (χ3v) is 3.55. The molecule has 5 heteroatoms. The maximum absolute atomic E-state index is 9.78. The Balaban J connectivity index is 2.68. The van der Waals surface area contributed by atoms with Crippen LogP contribution >= 0.6 is 11.6 Å². The standard InChI is InChI=1S/C13H15ClN2O2/c1-7(17)9-3-11(14)10(4-15)12(13(9)18-2)8-5-16-6-8/h3,7-8,16-17H,5-6H2,1-2H3. The lowest BCUT2D eigenvalue weighted by Crippen LogP contribution is -2.40. The molecule has 0 radical (unpaired) electrons. The zero-order valence-electron chi connectivity index (χ0n) is 10.3. The second-order valence-electron chi connectivity index (χ2n) is 4.41. The average molecular weight is 267 g/mol. The minimum Gasteiger partial charge on any atom is -0.496 e. The van der Waals surface area contributed by atoms with E-state index >= 15 is 0 Å². The van der Waals surface area contributed by atoms with E-state index in [-0.39, 0.29) is 5.92 Å². The van der Waals surface area contributed by atoms with Crippen LogP contribution in [-0.2, 0) is 0 Å². The number of aliphatic hydroxyl groups excluding tert-OH is 1. The first-order chi connectivity index (χ1) is 8.60. The van der Waals surface area contributed by atoms with Crippen LogP contribution in [0.5, 0.6) is 5.75 Å². The topological polar surface area (TPSA) is 65.3 Å². The van der Waals surface area contributed by atoms with E-state index in [9.17, 15) is 10.4 Å². The predicted molar refractivity (Wildman–Crippen MR) is 69.0 cm³/mol. The Kier molecular flexibility index (Phi) is 3.76. The molecule has 1 atom stereocenters. The maximum atomic E-state index is 9.78. The van der Waals surface area contributed by atoms with Crippen molar-refractivity contribution in [1.29, 1.82) is 5.26 Å². The lowest BCUT2D eigenvalue weighted by molar-refractivity contribution is 0.193. The van der Waals surface area contributed by atoms with Crippen molar-refractivity contribution in [2.24, 2.45) is 0 Å². The van der Waals surface area contributed by atoms with Crippen LogP contribution < -0.4 is 10.1 Å². The van der Waals surface area contributed by atoms with Crippen molar-refractivity contribution in [2.75, 3.05) is 20.2 Å². The van der Waals surface area contributed by atoms with Crippen molar-refractivity contribution < 1.29 is 9.84 Å². The van der Waals surface area contributed by atoms with Gasteiger partial charge in [0.05, 0.1) is 23.8 Å². The molecule has 1 aliphatic rings. The molecule has 1 fully saturated rings. The smallest absolute Gasteiger partial charge is 0.129 e. The highest BCUT2D eigenvalue weighted by Gasteiger charge is 2.29. The minimum absolute atomic E-state index is 0.214. The first-order valence-electron chi connectivity index (χ1n) is 5.79. The molecule has 2 rings (SSSR count). The van der Waals surface area contributed by atoms with Crippen LogP contribution in [0, 0.1) is 11.3 Å². The number of nitrogens with one attached hydrogen (secondary N) is 1. The van der Waals surface area contributed by atoms with Gasteiger partial charge in [-0.25, -0.2) is 0 Å². The van der Waals surface area contributed by atoms with Crippen LogP contribution in [0.1, 0.15) is 35.6 Å². The number of nitriles is 1. The van der Waals surface area contributed by atoms with E-state index in [1.54, 1.807) is 20.1 Å². The highest BCUT2D eigenvalue weighted by Crippen LogP contribution is 2.41. The SMILES string of the molecule is COc1c(C(C)O)cc(Cl)c(C#N)c1C1CNC1. The zero-order chi connectivity index (χ0) is 13.3. The summed E-state index contributed by atoms with van der Waals surface area (Å²) in [5.74, 6) is 0.795. The second-order valence-corrected chi connectivity index (χ2v) is 4.82. The van der Waals surface area contributed by atoms with Gasteiger partial charge in [0.25, 0.3) is 0 Å². The third-order valence-electron chi connectivity index (χ3n) is 3.25. The van der Waals surface area contributed by atoms with Gasteiger partial charge < -0.3 is 15.2 Å². The molecule has 0 saturated carbocycles. The fraction of sp³-hybridized carbons (Fsp3) is 0.462. The van der Waals surface area contributed by atoms with Crippen molar-refractivity contribution in [3.63, 3.8) is 0 Å². The van der Waals surface area contributed by atoms with E-state index < -0.39 is 6.10 Å². The lowest BCUT2D eigenvalue weighted by Gasteiger charge is -2.31. The quantitative estimate of drug-likeness (QED) is 0.878. The first kappa shape index (κ1) is 13.2. The fourth-order valence-electron chi connectivity index (χ4n) is 2.21. The summed E-state index contributed by atoms with van der Waals surface area (Å²) in [7, 11) is 1.55. The number of halogens is 1. The van der Waals surface area contributed by atoms with Gasteiger partial charge in [-0.05, 0) is 13.0 Å². The number of hydrogen-bond donors (Lipinski definition) is 2. The summed E-state index contributed by atoms with van der Waals surface area (Å²) in [5.41, 5.74) is 1.88. The molecule has 1 aromatic carbocycles. The molecule has 0 spiro atoms. The Hall–Kier alpha value is -1.28. The Labute approximate surface area is 111 Å². The van der Waals surface area contributed by atoms with Crippen LogP contribution in [0.3, 0.4) is 0 Å². The molecule has 1 aromatic rings. The highest BCUT2D eigenvalue weighted by molar-refractivity contribution is 6.32. The minimum atomic E-state index is -0.683. The van der Waals surface area contributed by atoms with Crippen LogP contribution in [0.2, 0.25) is 5.02 Å². The van der Waals surface area contributed by atoms with Crippen molar-refractivity contribution in [1.82, 2.24) is 5.32 Å². The molecule has 18 heavy (non-hydrogen) atoms. The summed E-state index contributed by atoms with van der Waals surface area (Å²) >= 11 is 6.12. The highest BCUT2D eigenvalue weighted by atomic mass is 35.5. The molecule has 96 valence electrons. The van der Waals surface area contributed by atoms with Crippen LogP contribution in [0.4, 0.5) is 0 Å². The van der Waals surface area contributed by atoms with Crippen molar-refractivity contribution in [2.45, 2.75) is 18.9 Å². The molecule has 1 saturated heterocycles. The number of ether oxygens (including phenoxy) is 1. The molecule has 4 nitrogen and oxygen atoms in total. The molecule has 0 aromatic heterocycles. The molecular weight excluding hydrogens is 252 g/mol. The van der Waals surface area contributed by atoms with Gasteiger partial charge >= 0.3 is 0 Å². The number of aliphatic hydroxyl groups is 1. The van der Waals surface area contributed by atoms with Crippen molar-refractivity contribution >= 4 is 11.6 Å². The lowest BCUT2D eigenvalue weighted by atomic mass is 9.86. The number of rotatable bonds is 3. The van der Waals surface area contributed by atoms with Gasteiger partial charge in [-0.1, -0.05) is 11.6 Å². The molecule has 0 amide bonds. The molecule has 0 bridgehead atoms. The third kappa shape index (κ3) is 2.05. The van der Waals surface area contributed by atoms with Gasteiger partial charge in [0.15, 0.2) is 0 Å². The zero-order valence-corrected chi connectivity index (χ0v) is 11.1. The molecule has 0 aliphatic carbocycles. The number of benzene rings is 1. The Bertz CT molecular complexity index is 505. The van der Waals surface area contributed by atoms with Gasteiger partial charge in [-0.15, -0.1) is 0 Å². The predicted octanol–water partition coefficient (Wildman–Crippen LogP) is 1.96. The molecule has 1 aliphatic heterocycles. The summed E-state index contributed by atoms with van der Waals surface area (Å²) in [4.78, 5) is 0. The fourth-order valence-corrected chi connectivity index (χ4v) is 2.47. The molecule has 1 heterocycles. The van der Waals surface area contributed by atoms with E-state index in [0.717, 1.165) is 18.7 Å². The Morgan fingerprint density at radius 2 is 2.28 bits per heavy atom. The van der Waals surface area contributed by atoms with Crippen LogP contribution in [-0.4, -0.2) is 25.3 Å². The van der Waals surface area contributed by atoms with Gasteiger partial charge in [0.2, 0.25) is 0 Å². The van der Waals surface area contributed by atoms with E-state index in [4.69, 9.17) is 16.3 Å². The van der Waals surface area contributed by atoms with Crippen LogP contribution in [0.15, 0.2) is 6.07 Å². The summed E-state index contributed by atoms with van der Waals surface area (Å²) in [5, 5.41) is 22.6. The molecular formula is C13H15ClN2O2. The number of hydrogen-bond acceptors (Lipinski definition) is 4. The summed E-state index contributed by atoms with van der Waals surface area (Å²) in [6.07, 6.45) is -0.683. The van der Waals surface area contributed by atoms with Crippen molar-refractivity contribution in [3.05, 3.63) is 27.8 Å². The molecule has 1 unspecified atom stereocenters. The van der Waals surface area contributed by atoms with E-state index in [1.807, 2.05) is 0 Å². The molecule has 2 N–H and O–H groups in total. The summed E-state index contributed by atoms with van der Waals surface area (Å²) < 4.78 is 5.39. The first-order valence-corrected chi connectivity index (χ1v) is 6.17. The monoisotopic (exact) mass is 266 g/mol. The number of methoxy groups -OCH3 is 1.